The van der Waals surface area contributed by atoms with Crippen LogP contribution in [-0.2, 0) is 27.5 Å². The monoisotopic (exact) mass is 369 g/mol. The first kappa shape index (κ1) is 20.2. The van der Waals surface area contributed by atoms with Crippen LogP contribution in [0.15, 0.2) is 59.5 Å². The molecule has 0 heterocycles. The Balaban J connectivity index is 0.00000288. The Morgan fingerprint density at radius 2 is 1.58 bits per heavy atom. The van der Waals surface area contributed by atoms with Gasteiger partial charge in [-0.3, -0.25) is 4.79 Å². The van der Waals surface area contributed by atoms with Gasteiger partial charge in [-0.05, 0) is 23.3 Å². The highest BCUT2D eigenvalue weighted by Crippen LogP contribution is 2.20. The Labute approximate surface area is 147 Å². The summed E-state index contributed by atoms with van der Waals surface area (Å²) in [6.45, 7) is 0. The van der Waals surface area contributed by atoms with Crippen molar-refractivity contribution in [3.8, 4) is 0 Å². The number of hydrogen-bond acceptors (Lipinski definition) is 4. The molecule has 0 aliphatic heterocycles. The molecule has 0 saturated carbocycles. The van der Waals surface area contributed by atoms with Gasteiger partial charge in [-0.1, -0.05) is 42.5 Å². The third-order valence-corrected chi connectivity index (χ3v) is 4.74. The quantitative estimate of drug-likeness (QED) is 0.812. The summed E-state index contributed by atoms with van der Waals surface area (Å²) in [7, 11) is -3.35. The van der Waals surface area contributed by atoms with Crippen LogP contribution in [-0.4, -0.2) is 31.3 Å². The minimum Gasteiger partial charge on any atom is -0.480 e. The first-order valence-electron chi connectivity index (χ1n) is 7.06. The molecular formula is C17H20ClNO4S. The van der Waals surface area contributed by atoms with Crippen LogP contribution in [0.2, 0.25) is 0 Å². The smallest absolute Gasteiger partial charge is 0.324 e. The van der Waals surface area contributed by atoms with Gasteiger partial charge in [0.05, 0.1) is 4.90 Å². The predicted octanol–water partition coefficient (Wildman–Crippen LogP) is 2.08. The fourth-order valence-corrected chi connectivity index (χ4v) is 3.12. The van der Waals surface area contributed by atoms with Gasteiger partial charge in [0.15, 0.2) is 9.84 Å². The molecule has 2 rings (SSSR count). The highest BCUT2D eigenvalue weighted by molar-refractivity contribution is 7.90. The summed E-state index contributed by atoms with van der Waals surface area (Å²) in [6.07, 6.45) is 1.32. The van der Waals surface area contributed by atoms with Crippen LogP contribution in [0.5, 0.6) is 0 Å². The second kappa shape index (κ2) is 7.79. The molecule has 0 bridgehead atoms. The maximum absolute atomic E-state index is 11.7. The van der Waals surface area contributed by atoms with Crippen molar-refractivity contribution in [2.24, 2.45) is 5.73 Å². The molecule has 0 aliphatic rings. The molecule has 2 aromatic carbocycles. The van der Waals surface area contributed by atoms with Gasteiger partial charge in [0, 0.05) is 19.1 Å². The summed E-state index contributed by atoms with van der Waals surface area (Å²) in [6, 6.07) is 15.4. The van der Waals surface area contributed by atoms with Gasteiger partial charge in [-0.25, -0.2) is 8.42 Å². The number of nitrogens with two attached hydrogens (primary N) is 1. The van der Waals surface area contributed by atoms with Crippen LogP contribution in [0, 0.1) is 0 Å². The normalized spacial score (nSPS) is 13.6. The molecule has 0 saturated heterocycles. The number of sulfone groups is 1. The van der Waals surface area contributed by atoms with Crippen LogP contribution in [0.25, 0.3) is 0 Å². The zero-order valence-corrected chi connectivity index (χ0v) is 14.8. The number of halogens is 1. The molecule has 0 spiro atoms. The standard InChI is InChI=1S/C17H19NO4S.ClH/c1-23(21,22)15-9-5-8-14(10-15)12-17(18,16(19)20)11-13-6-3-2-4-7-13;/h2-10H,11-12,18H2,1H3,(H,19,20);1H/t17-;/m0./s1. The Morgan fingerprint density at radius 1 is 1.04 bits per heavy atom. The molecule has 3 N–H and O–H groups in total. The minimum absolute atomic E-state index is 0. The second-order valence-corrected chi connectivity index (χ2v) is 7.74. The summed E-state index contributed by atoms with van der Waals surface area (Å²) in [4.78, 5) is 11.8. The van der Waals surface area contributed by atoms with E-state index in [2.05, 4.69) is 0 Å². The van der Waals surface area contributed by atoms with Crippen molar-refractivity contribution in [1.29, 1.82) is 0 Å². The lowest BCUT2D eigenvalue weighted by molar-refractivity contribution is -0.143. The van der Waals surface area contributed by atoms with Crippen molar-refractivity contribution in [3.63, 3.8) is 0 Å². The lowest BCUT2D eigenvalue weighted by Crippen LogP contribution is -2.51. The molecule has 0 radical (unpaired) electrons. The fourth-order valence-electron chi connectivity index (χ4n) is 2.42. The zero-order valence-electron chi connectivity index (χ0n) is 13.2. The van der Waals surface area contributed by atoms with E-state index in [9.17, 15) is 18.3 Å². The summed E-state index contributed by atoms with van der Waals surface area (Å²) in [5, 5.41) is 9.54. The Bertz CT molecular complexity index is 808. The van der Waals surface area contributed by atoms with E-state index in [1.54, 1.807) is 12.1 Å². The number of benzene rings is 2. The number of carbonyl (C=O) groups is 1. The van der Waals surface area contributed by atoms with E-state index in [1.807, 2.05) is 30.3 Å². The van der Waals surface area contributed by atoms with Crippen LogP contribution < -0.4 is 5.73 Å². The Kier molecular flexibility index (Phi) is 6.54. The van der Waals surface area contributed by atoms with Gasteiger partial charge < -0.3 is 10.8 Å². The minimum atomic E-state index is -3.35. The first-order valence-corrected chi connectivity index (χ1v) is 8.95. The van der Waals surface area contributed by atoms with Crippen LogP contribution >= 0.6 is 12.4 Å². The van der Waals surface area contributed by atoms with Crippen molar-refractivity contribution in [3.05, 3.63) is 65.7 Å². The number of carboxylic acid groups (broad SMARTS) is 1. The second-order valence-electron chi connectivity index (χ2n) is 5.72. The number of aliphatic carboxylic acids is 1. The topological polar surface area (TPSA) is 97.5 Å². The summed E-state index contributed by atoms with van der Waals surface area (Å²) in [5.74, 6) is -1.12. The van der Waals surface area contributed by atoms with Crippen LogP contribution in [0.1, 0.15) is 11.1 Å². The Hall–Kier alpha value is -1.89. The fraction of sp³-hybridized carbons (Fsp3) is 0.235. The highest BCUT2D eigenvalue weighted by atomic mass is 35.5. The van der Waals surface area contributed by atoms with Gasteiger partial charge >= 0.3 is 5.97 Å². The van der Waals surface area contributed by atoms with Gasteiger partial charge in [-0.15, -0.1) is 12.4 Å². The van der Waals surface area contributed by atoms with Gasteiger partial charge in [0.1, 0.15) is 5.54 Å². The van der Waals surface area contributed by atoms with Crippen molar-refractivity contribution in [2.75, 3.05) is 6.26 Å². The molecule has 0 fully saturated rings. The van der Waals surface area contributed by atoms with E-state index in [-0.39, 0.29) is 30.1 Å². The van der Waals surface area contributed by atoms with E-state index in [0.717, 1.165) is 11.8 Å². The maximum atomic E-state index is 11.7. The molecule has 2 aromatic rings. The highest BCUT2D eigenvalue weighted by Gasteiger charge is 2.34. The lowest BCUT2D eigenvalue weighted by Gasteiger charge is -2.25. The van der Waals surface area contributed by atoms with Gasteiger partial charge in [0.25, 0.3) is 0 Å². The van der Waals surface area contributed by atoms with Crippen LogP contribution in [0.3, 0.4) is 0 Å². The van der Waals surface area contributed by atoms with Crippen molar-refractivity contribution < 1.29 is 18.3 Å². The molecule has 24 heavy (non-hydrogen) atoms. The Morgan fingerprint density at radius 3 is 2.12 bits per heavy atom. The maximum Gasteiger partial charge on any atom is 0.324 e. The molecule has 0 amide bonds. The van der Waals surface area contributed by atoms with Crippen LogP contribution in [0.4, 0.5) is 0 Å². The number of carboxylic acids is 1. The van der Waals surface area contributed by atoms with E-state index >= 15 is 0 Å². The molecule has 0 aromatic heterocycles. The molecule has 0 aliphatic carbocycles. The molecular weight excluding hydrogens is 350 g/mol. The first-order chi connectivity index (χ1) is 10.7. The van der Waals surface area contributed by atoms with Crippen molar-refractivity contribution in [1.82, 2.24) is 0 Å². The average Bonchev–Trinajstić information content (AvgIpc) is 2.47. The number of rotatable bonds is 6. The summed E-state index contributed by atoms with van der Waals surface area (Å²) < 4.78 is 23.3. The number of hydrogen-bond donors (Lipinski definition) is 2. The average molecular weight is 370 g/mol. The predicted molar refractivity (Wildman–Crippen MR) is 95.2 cm³/mol. The third-order valence-electron chi connectivity index (χ3n) is 3.63. The summed E-state index contributed by atoms with van der Waals surface area (Å²) >= 11 is 0. The van der Waals surface area contributed by atoms with E-state index < -0.39 is 21.3 Å². The molecule has 0 unspecified atom stereocenters. The van der Waals surface area contributed by atoms with Crippen molar-refractivity contribution in [2.45, 2.75) is 23.3 Å². The zero-order chi connectivity index (χ0) is 17.1. The van der Waals surface area contributed by atoms with Crippen molar-refractivity contribution >= 4 is 28.2 Å². The third kappa shape index (κ3) is 5.06. The van der Waals surface area contributed by atoms with E-state index in [0.29, 0.717) is 5.56 Å². The van der Waals surface area contributed by atoms with E-state index in [4.69, 9.17) is 5.73 Å². The van der Waals surface area contributed by atoms with Gasteiger partial charge in [0.2, 0.25) is 0 Å². The largest absolute Gasteiger partial charge is 0.480 e. The molecule has 7 heteroatoms. The summed E-state index contributed by atoms with van der Waals surface area (Å²) in [5.41, 5.74) is 6.01. The molecule has 1 atom stereocenters. The SMILES string of the molecule is CS(=O)(=O)c1cccc(C[C@@](N)(Cc2ccccc2)C(=O)O)c1.Cl. The molecule has 130 valence electrons. The lowest BCUT2D eigenvalue weighted by atomic mass is 9.85. The molecule has 5 nitrogen and oxygen atoms in total. The van der Waals surface area contributed by atoms with Gasteiger partial charge in [-0.2, -0.15) is 0 Å². The van der Waals surface area contributed by atoms with E-state index in [1.165, 1.54) is 12.1 Å².